The van der Waals surface area contributed by atoms with E-state index in [-0.39, 0.29) is 0 Å². The van der Waals surface area contributed by atoms with Crippen molar-refractivity contribution in [2.24, 2.45) is 0 Å². The molecule has 0 aliphatic heterocycles. The molecular weight excluding hydrogens is 160 g/mol. The van der Waals surface area contributed by atoms with Crippen molar-refractivity contribution in [2.45, 2.75) is 12.8 Å². The van der Waals surface area contributed by atoms with E-state index in [4.69, 9.17) is 0 Å². The highest BCUT2D eigenvalue weighted by Crippen LogP contribution is 1.89. The van der Waals surface area contributed by atoms with Gasteiger partial charge in [-0.05, 0) is 18.2 Å². The largest absolute Gasteiger partial charge is 0.0935 e. The molecule has 0 saturated carbocycles. The van der Waals surface area contributed by atoms with Crippen LogP contribution in [0.25, 0.3) is 0 Å². The second-order valence-electron chi connectivity index (χ2n) is 0.998. The van der Waals surface area contributed by atoms with Crippen molar-refractivity contribution in [1.82, 2.24) is 0 Å². The maximum absolute atomic E-state index is 4.57. The van der Waals surface area contributed by atoms with Gasteiger partial charge in [0.2, 0.25) is 0 Å². The van der Waals surface area contributed by atoms with Crippen LogP contribution in [0, 0.1) is 0 Å². The average Bonchev–Trinajstić information content (AvgIpc) is 1.61. The quantitative estimate of drug-likeness (QED) is 0.352. The summed E-state index contributed by atoms with van der Waals surface area (Å²) in [6, 6.07) is 0. The molecule has 0 amide bonds. The molecular formula is C4H7BrS. The van der Waals surface area contributed by atoms with Crippen LogP contribution in [-0.4, -0.2) is 10.7 Å². The zero-order valence-corrected chi connectivity index (χ0v) is 5.89. The first-order chi connectivity index (χ1) is 2.91. The topological polar surface area (TPSA) is 0 Å². The minimum absolute atomic E-state index is 1.06. The van der Waals surface area contributed by atoms with Gasteiger partial charge in [0, 0.05) is 5.33 Å². The number of alkyl halides is 1. The van der Waals surface area contributed by atoms with Crippen molar-refractivity contribution < 1.29 is 0 Å². The monoisotopic (exact) mass is 166 g/mol. The molecule has 0 aliphatic carbocycles. The van der Waals surface area contributed by atoms with Gasteiger partial charge in [0.15, 0.2) is 0 Å². The van der Waals surface area contributed by atoms with E-state index in [1.807, 2.05) is 0 Å². The third-order valence-corrected chi connectivity index (χ3v) is 1.25. The standard InChI is InChI=1S/C4H7BrS/c5-3-1-2-4-6/h4H,1-3H2. The van der Waals surface area contributed by atoms with Gasteiger partial charge in [-0.1, -0.05) is 28.1 Å². The van der Waals surface area contributed by atoms with Crippen LogP contribution in [0.2, 0.25) is 0 Å². The van der Waals surface area contributed by atoms with Gasteiger partial charge in [-0.25, -0.2) is 0 Å². The molecule has 2 heteroatoms. The second kappa shape index (κ2) is 5.57. The van der Waals surface area contributed by atoms with Crippen LogP contribution in [0.5, 0.6) is 0 Å². The van der Waals surface area contributed by atoms with Crippen LogP contribution in [0.1, 0.15) is 12.8 Å². The van der Waals surface area contributed by atoms with Crippen LogP contribution in [0.3, 0.4) is 0 Å². The molecule has 0 nitrogen and oxygen atoms in total. The van der Waals surface area contributed by atoms with Crippen LogP contribution in [0.4, 0.5) is 0 Å². The summed E-state index contributed by atoms with van der Waals surface area (Å²) < 4.78 is 0. The Morgan fingerprint density at radius 3 is 2.50 bits per heavy atom. The molecule has 0 fully saturated rings. The zero-order valence-electron chi connectivity index (χ0n) is 3.48. The Labute approximate surface area is 52.1 Å². The third-order valence-electron chi connectivity index (χ3n) is 0.456. The van der Waals surface area contributed by atoms with Crippen molar-refractivity contribution in [3.63, 3.8) is 0 Å². The Morgan fingerprint density at radius 1 is 1.67 bits per heavy atom. The Bertz CT molecular complexity index is 36.5. The van der Waals surface area contributed by atoms with Crippen LogP contribution in [-0.2, 0) is 0 Å². The van der Waals surface area contributed by atoms with Crippen molar-refractivity contribution in [3.8, 4) is 0 Å². The van der Waals surface area contributed by atoms with E-state index in [1.54, 1.807) is 5.37 Å². The maximum Gasteiger partial charge on any atom is 0.00345 e. The van der Waals surface area contributed by atoms with E-state index >= 15 is 0 Å². The minimum atomic E-state index is 1.06. The lowest BCUT2D eigenvalue weighted by Gasteiger charge is -1.79. The molecule has 0 saturated heterocycles. The van der Waals surface area contributed by atoms with Gasteiger partial charge in [-0.2, -0.15) is 0 Å². The van der Waals surface area contributed by atoms with Crippen LogP contribution < -0.4 is 0 Å². The number of thiocarbonyl (C=S) groups is 1. The Hall–Kier alpha value is 0.570. The van der Waals surface area contributed by atoms with Gasteiger partial charge in [0.1, 0.15) is 0 Å². The van der Waals surface area contributed by atoms with E-state index in [1.165, 1.54) is 6.42 Å². The molecule has 0 bridgehead atoms. The minimum Gasteiger partial charge on any atom is -0.0935 e. The van der Waals surface area contributed by atoms with E-state index in [0.29, 0.717) is 0 Å². The number of unbranched alkanes of at least 4 members (excludes halogenated alkanes) is 1. The first kappa shape index (κ1) is 6.57. The number of halogens is 1. The summed E-state index contributed by atoms with van der Waals surface area (Å²) in [4.78, 5) is 0. The van der Waals surface area contributed by atoms with Gasteiger partial charge in [-0.15, -0.1) is 0 Å². The summed E-state index contributed by atoms with van der Waals surface area (Å²) in [7, 11) is 0. The highest BCUT2D eigenvalue weighted by atomic mass is 79.9. The fraction of sp³-hybridized carbons (Fsp3) is 0.750. The molecule has 0 atom stereocenters. The fourth-order valence-electron chi connectivity index (χ4n) is 0.160. The molecule has 0 N–H and O–H groups in total. The Balaban J connectivity index is 2.49. The molecule has 0 aliphatic rings. The summed E-state index contributed by atoms with van der Waals surface area (Å²) in [5.74, 6) is 0. The summed E-state index contributed by atoms with van der Waals surface area (Å²) in [5.41, 5.74) is 0. The summed E-state index contributed by atoms with van der Waals surface area (Å²) in [6.07, 6.45) is 2.23. The summed E-state index contributed by atoms with van der Waals surface area (Å²) in [5, 5.41) is 2.83. The molecule has 0 aromatic rings. The predicted octanol–water partition coefficient (Wildman–Crippen LogP) is 2.16. The van der Waals surface area contributed by atoms with Gasteiger partial charge in [0.25, 0.3) is 0 Å². The second-order valence-corrected chi connectivity index (χ2v) is 2.12. The van der Waals surface area contributed by atoms with Gasteiger partial charge >= 0.3 is 0 Å². The van der Waals surface area contributed by atoms with Crippen molar-refractivity contribution in [3.05, 3.63) is 0 Å². The van der Waals surface area contributed by atoms with E-state index in [2.05, 4.69) is 28.1 Å². The molecule has 0 heterocycles. The highest BCUT2D eigenvalue weighted by molar-refractivity contribution is 9.09. The molecule has 0 radical (unpaired) electrons. The molecule has 0 rings (SSSR count). The molecule has 0 spiro atoms. The summed E-state index contributed by atoms with van der Waals surface area (Å²) >= 11 is 7.86. The maximum atomic E-state index is 4.57. The normalized spacial score (nSPS) is 8.17. The van der Waals surface area contributed by atoms with Gasteiger partial charge in [-0.3, -0.25) is 0 Å². The van der Waals surface area contributed by atoms with Gasteiger partial charge in [0.05, 0.1) is 0 Å². The third kappa shape index (κ3) is 4.57. The SMILES string of the molecule is S=CCCCBr. The number of rotatable bonds is 3. The van der Waals surface area contributed by atoms with Crippen LogP contribution in [0.15, 0.2) is 0 Å². The van der Waals surface area contributed by atoms with Crippen molar-refractivity contribution in [1.29, 1.82) is 0 Å². The van der Waals surface area contributed by atoms with Gasteiger partial charge < -0.3 is 0 Å². The lowest BCUT2D eigenvalue weighted by molar-refractivity contribution is 1.04. The average molecular weight is 167 g/mol. The Kier molecular flexibility index (Phi) is 6.10. The number of hydrogen-bond acceptors (Lipinski definition) is 1. The molecule has 36 valence electrons. The van der Waals surface area contributed by atoms with Crippen molar-refractivity contribution in [2.75, 3.05) is 5.33 Å². The van der Waals surface area contributed by atoms with E-state index in [9.17, 15) is 0 Å². The van der Waals surface area contributed by atoms with E-state index < -0.39 is 0 Å². The first-order valence-electron chi connectivity index (χ1n) is 1.91. The first-order valence-corrected chi connectivity index (χ1v) is 3.50. The zero-order chi connectivity index (χ0) is 4.83. The lowest BCUT2D eigenvalue weighted by atomic mass is 10.4. The summed E-state index contributed by atoms with van der Waals surface area (Å²) in [6.45, 7) is 0. The highest BCUT2D eigenvalue weighted by Gasteiger charge is 1.74. The van der Waals surface area contributed by atoms with E-state index in [0.717, 1.165) is 11.8 Å². The molecule has 6 heavy (non-hydrogen) atoms. The Morgan fingerprint density at radius 2 is 2.33 bits per heavy atom. The molecule has 0 unspecified atom stereocenters. The smallest absolute Gasteiger partial charge is 0.00345 e. The fourth-order valence-corrected chi connectivity index (χ4v) is 0.651. The lowest BCUT2D eigenvalue weighted by Crippen LogP contribution is -1.71. The number of hydrogen-bond donors (Lipinski definition) is 0. The van der Waals surface area contributed by atoms with Crippen molar-refractivity contribution >= 4 is 33.5 Å². The van der Waals surface area contributed by atoms with Crippen LogP contribution >= 0.6 is 28.1 Å². The predicted molar refractivity (Wildman–Crippen MR) is 36.7 cm³/mol. The molecule has 0 aromatic heterocycles. The molecule has 0 aromatic carbocycles.